The van der Waals surface area contributed by atoms with Crippen LogP contribution in [0.2, 0.25) is 0 Å². The van der Waals surface area contributed by atoms with E-state index in [0.29, 0.717) is 0 Å². The largest absolute Gasteiger partial charge is 0.310 e. The van der Waals surface area contributed by atoms with Gasteiger partial charge in [-0.2, -0.15) is 0 Å². The van der Waals surface area contributed by atoms with Crippen LogP contribution in [-0.4, -0.2) is 6.04 Å². The second-order valence-electron chi connectivity index (χ2n) is 4.86. The Morgan fingerprint density at radius 1 is 1.07 bits per heavy atom. The maximum absolute atomic E-state index is 3.65. The Kier molecular flexibility index (Phi) is 3.42. The molecule has 2 rings (SSSR count). The summed E-state index contributed by atoms with van der Waals surface area (Å²) >= 11 is 0. The molecular weight excluding hydrogens is 182 g/mol. The molecule has 82 valence electrons. The molecule has 1 N–H and O–H groups in total. The maximum Gasteiger partial charge on any atom is 0.0208 e. The molecule has 1 heteroatoms. The second-order valence-corrected chi connectivity index (χ2v) is 4.86. The van der Waals surface area contributed by atoms with E-state index in [4.69, 9.17) is 0 Å². The first-order valence-corrected chi connectivity index (χ1v) is 6.04. The minimum atomic E-state index is 0.769. The van der Waals surface area contributed by atoms with E-state index >= 15 is 0 Å². The molecule has 1 aromatic carbocycles. The highest BCUT2D eigenvalue weighted by Gasteiger charge is 2.13. The highest BCUT2D eigenvalue weighted by atomic mass is 14.9. The number of hydrogen-bond donors (Lipinski definition) is 1. The van der Waals surface area contributed by atoms with Gasteiger partial charge in [-0.15, -0.1) is 0 Å². The van der Waals surface area contributed by atoms with E-state index in [1.165, 1.54) is 42.4 Å². The molecule has 0 saturated heterocycles. The summed E-state index contributed by atoms with van der Waals surface area (Å²) in [4.78, 5) is 0. The van der Waals surface area contributed by atoms with Crippen molar-refractivity contribution in [2.24, 2.45) is 0 Å². The fourth-order valence-corrected chi connectivity index (χ4v) is 2.56. The summed E-state index contributed by atoms with van der Waals surface area (Å²) in [6.07, 6.45) is 5.55. The first-order valence-electron chi connectivity index (χ1n) is 6.04. The topological polar surface area (TPSA) is 12.0 Å². The summed E-state index contributed by atoms with van der Waals surface area (Å²) in [7, 11) is 0. The van der Waals surface area contributed by atoms with Crippen LogP contribution in [0.5, 0.6) is 0 Å². The standard InChI is InChI=1S/C14H21N/c1-11-7-12(2)9-13(8-11)10-15-14-5-3-4-6-14/h7-9,14-15H,3-6,10H2,1-2H3. The van der Waals surface area contributed by atoms with Crippen molar-refractivity contribution in [3.63, 3.8) is 0 Å². The van der Waals surface area contributed by atoms with Gasteiger partial charge in [0.25, 0.3) is 0 Å². The van der Waals surface area contributed by atoms with Crippen LogP contribution in [0.1, 0.15) is 42.4 Å². The van der Waals surface area contributed by atoms with Gasteiger partial charge in [-0.1, -0.05) is 42.2 Å². The Hall–Kier alpha value is -0.820. The van der Waals surface area contributed by atoms with Crippen LogP contribution in [0.3, 0.4) is 0 Å². The summed E-state index contributed by atoms with van der Waals surface area (Å²) in [6, 6.07) is 7.58. The average molecular weight is 203 g/mol. The third-order valence-electron chi connectivity index (χ3n) is 3.23. The molecule has 1 aromatic rings. The van der Waals surface area contributed by atoms with Crippen molar-refractivity contribution in [1.82, 2.24) is 5.32 Å². The number of benzene rings is 1. The SMILES string of the molecule is Cc1cc(C)cc(CNC2CCCC2)c1. The number of hydrogen-bond acceptors (Lipinski definition) is 1. The van der Waals surface area contributed by atoms with Gasteiger partial charge in [0.05, 0.1) is 0 Å². The Bertz CT molecular complexity index is 304. The first-order chi connectivity index (χ1) is 7.24. The van der Waals surface area contributed by atoms with Gasteiger partial charge in [0.15, 0.2) is 0 Å². The van der Waals surface area contributed by atoms with Gasteiger partial charge < -0.3 is 5.32 Å². The zero-order valence-corrected chi connectivity index (χ0v) is 9.84. The molecule has 0 heterocycles. The Morgan fingerprint density at radius 3 is 2.27 bits per heavy atom. The third-order valence-corrected chi connectivity index (χ3v) is 3.23. The van der Waals surface area contributed by atoms with Crippen LogP contribution >= 0.6 is 0 Å². The quantitative estimate of drug-likeness (QED) is 0.794. The second kappa shape index (κ2) is 4.80. The molecule has 0 aliphatic heterocycles. The van der Waals surface area contributed by atoms with Crippen molar-refractivity contribution in [3.05, 3.63) is 34.9 Å². The number of nitrogens with one attached hydrogen (secondary N) is 1. The predicted molar refractivity (Wildman–Crippen MR) is 65.0 cm³/mol. The molecule has 1 aliphatic rings. The smallest absolute Gasteiger partial charge is 0.0208 e. The minimum Gasteiger partial charge on any atom is -0.310 e. The molecule has 0 atom stereocenters. The predicted octanol–water partition coefficient (Wildman–Crippen LogP) is 3.34. The Labute approximate surface area is 92.9 Å². The third kappa shape index (κ3) is 3.07. The molecule has 1 nitrogen and oxygen atoms in total. The lowest BCUT2D eigenvalue weighted by atomic mass is 10.1. The van der Waals surface area contributed by atoms with Crippen LogP contribution in [0.4, 0.5) is 0 Å². The molecule has 0 radical (unpaired) electrons. The molecule has 0 bridgehead atoms. The van der Waals surface area contributed by atoms with Gasteiger partial charge >= 0.3 is 0 Å². The summed E-state index contributed by atoms with van der Waals surface area (Å²) in [5.41, 5.74) is 4.18. The van der Waals surface area contributed by atoms with E-state index < -0.39 is 0 Å². The van der Waals surface area contributed by atoms with Crippen LogP contribution in [0, 0.1) is 13.8 Å². The zero-order valence-electron chi connectivity index (χ0n) is 9.84. The Balaban J connectivity index is 1.92. The highest BCUT2D eigenvalue weighted by molar-refractivity contribution is 5.28. The van der Waals surface area contributed by atoms with Gasteiger partial charge in [-0.25, -0.2) is 0 Å². The molecule has 0 aromatic heterocycles. The van der Waals surface area contributed by atoms with Gasteiger partial charge in [0.1, 0.15) is 0 Å². The molecular formula is C14H21N. The van der Waals surface area contributed by atoms with Crippen LogP contribution in [0.15, 0.2) is 18.2 Å². The Morgan fingerprint density at radius 2 is 1.67 bits per heavy atom. The van der Waals surface area contributed by atoms with Crippen LogP contribution in [0.25, 0.3) is 0 Å². The van der Waals surface area contributed by atoms with Crippen LogP contribution in [-0.2, 0) is 6.54 Å². The summed E-state index contributed by atoms with van der Waals surface area (Å²) < 4.78 is 0. The van der Waals surface area contributed by atoms with Crippen LogP contribution < -0.4 is 5.32 Å². The highest BCUT2D eigenvalue weighted by Crippen LogP contribution is 2.18. The van der Waals surface area contributed by atoms with E-state index in [2.05, 4.69) is 37.4 Å². The van der Waals surface area contributed by atoms with Gasteiger partial charge in [-0.3, -0.25) is 0 Å². The molecule has 0 unspecified atom stereocenters. The van der Waals surface area contributed by atoms with E-state index in [1.54, 1.807) is 0 Å². The minimum absolute atomic E-state index is 0.769. The average Bonchev–Trinajstić information content (AvgIpc) is 2.65. The molecule has 15 heavy (non-hydrogen) atoms. The van der Waals surface area contributed by atoms with Gasteiger partial charge in [0, 0.05) is 12.6 Å². The maximum atomic E-state index is 3.65. The molecule has 1 fully saturated rings. The zero-order chi connectivity index (χ0) is 10.7. The first kappa shape index (κ1) is 10.7. The summed E-state index contributed by atoms with van der Waals surface area (Å²) in [5, 5.41) is 3.65. The van der Waals surface area contributed by atoms with Crippen molar-refractivity contribution in [2.45, 2.75) is 52.1 Å². The van der Waals surface area contributed by atoms with Crippen molar-refractivity contribution < 1.29 is 0 Å². The molecule has 0 spiro atoms. The fourth-order valence-electron chi connectivity index (χ4n) is 2.56. The van der Waals surface area contributed by atoms with Crippen molar-refractivity contribution in [2.75, 3.05) is 0 Å². The van der Waals surface area contributed by atoms with E-state index in [9.17, 15) is 0 Å². The summed E-state index contributed by atoms with van der Waals surface area (Å²) in [5.74, 6) is 0. The van der Waals surface area contributed by atoms with Gasteiger partial charge in [-0.05, 0) is 32.3 Å². The molecule has 1 aliphatic carbocycles. The lowest BCUT2D eigenvalue weighted by Gasteiger charge is -2.12. The van der Waals surface area contributed by atoms with E-state index in [0.717, 1.165) is 12.6 Å². The van der Waals surface area contributed by atoms with Crippen molar-refractivity contribution in [1.29, 1.82) is 0 Å². The normalized spacial score (nSPS) is 17.2. The number of rotatable bonds is 3. The van der Waals surface area contributed by atoms with Crippen molar-refractivity contribution in [3.8, 4) is 0 Å². The van der Waals surface area contributed by atoms with Crippen molar-refractivity contribution >= 4 is 0 Å². The molecule has 1 saturated carbocycles. The summed E-state index contributed by atoms with van der Waals surface area (Å²) in [6.45, 7) is 5.38. The van der Waals surface area contributed by atoms with E-state index in [-0.39, 0.29) is 0 Å². The lowest BCUT2D eigenvalue weighted by molar-refractivity contribution is 0.524. The van der Waals surface area contributed by atoms with E-state index in [1.807, 2.05) is 0 Å². The lowest BCUT2D eigenvalue weighted by Crippen LogP contribution is -2.25. The molecule has 0 amide bonds. The monoisotopic (exact) mass is 203 g/mol. The fraction of sp³-hybridized carbons (Fsp3) is 0.571. The number of aryl methyl sites for hydroxylation is 2. The van der Waals surface area contributed by atoms with Gasteiger partial charge in [0.2, 0.25) is 0 Å².